The molecule has 0 bridgehead atoms. The molecule has 1 aliphatic heterocycles. The number of unbranched alkanes of at least 4 members (excludes halogenated alkanes) is 2. The summed E-state index contributed by atoms with van der Waals surface area (Å²) in [5, 5.41) is 1.31. The molecule has 4 aliphatic rings. The molecule has 326 valence electrons. The van der Waals surface area contributed by atoms with Crippen molar-refractivity contribution in [2.75, 3.05) is 0 Å². The van der Waals surface area contributed by atoms with E-state index >= 15 is 0 Å². The van der Waals surface area contributed by atoms with Crippen molar-refractivity contribution in [2.24, 2.45) is 0 Å². The number of fused-ring (bicyclic) bond motifs is 18. The summed E-state index contributed by atoms with van der Waals surface area (Å²) >= 11 is 0. The van der Waals surface area contributed by atoms with Crippen LogP contribution < -0.4 is 4.57 Å². The fraction of sp³-hybridized carbons (Fsp3) is 0.277. The van der Waals surface area contributed by atoms with Gasteiger partial charge >= 0.3 is 0 Å². The van der Waals surface area contributed by atoms with Gasteiger partial charge in [-0.2, -0.15) is 4.57 Å². The molecule has 2 heterocycles. The maximum atomic E-state index is 2.78. The highest BCUT2D eigenvalue weighted by atomic mass is 15.1. The monoisotopic (exact) mass is 856 g/mol. The Labute approximate surface area is 392 Å². The molecule has 1 aromatic heterocycles. The van der Waals surface area contributed by atoms with Gasteiger partial charge in [0.25, 0.3) is 0 Å². The van der Waals surface area contributed by atoms with Crippen molar-refractivity contribution in [3.8, 4) is 55.8 Å². The summed E-state index contributed by atoms with van der Waals surface area (Å²) in [4.78, 5) is 0. The second kappa shape index (κ2) is 15.1. The zero-order valence-corrected chi connectivity index (χ0v) is 40.0. The lowest BCUT2D eigenvalue weighted by molar-refractivity contribution is -0.722. The third-order valence-electron chi connectivity index (χ3n) is 16.5. The molecule has 0 saturated carbocycles. The minimum atomic E-state index is -0.399. The van der Waals surface area contributed by atoms with E-state index in [0.717, 1.165) is 19.3 Å². The summed E-state index contributed by atoms with van der Waals surface area (Å²) in [6, 6.07) is 59.7. The van der Waals surface area contributed by atoms with Crippen LogP contribution >= 0.6 is 0 Å². The first-order valence-electron chi connectivity index (χ1n) is 25.0. The van der Waals surface area contributed by atoms with Gasteiger partial charge in [0.1, 0.15) is 0 Å². The van der Waals surface area contributed by atoms with Crippen LogP contribution in [0.4, 0.5) is 0 Å². The summed E-state index contributed by atoms with van der Waals surface area (Å²) in [6.07, 6.45) is 10.8. The van der Waals surface area contributed by atoms with E-state index in [-0.39, 0.29) is 11.0 Å². The molecule has 1 heteroatoms. The minimum absolute atomic E-state index is 0.108. The molecule has 12 rings (SSSR count). The van der Waals surface area contributed by atoms with Gasteiger partial charge in [-0.3, -0.25) is 0 Å². The van der Waals surface area contributed by atoms with E-state index in [2.05, 4.69) is 211 Å². The summed E-state index contributed by atoms with van der Waals surface area (Å²) in [6.45, 7) is 16.6. The summed E-state index contributed by atoms with van der Waals surface area (Å²) in [7, 11) is 0. The van der Waals surface area contributed by atoms with Crippen LogP contribution in [0.25, 0.3) is 66.7 Å². The Morgan fingerprint density at radius 2 is 1.17 bits per heavy atom. The maximum absolute atomic E-state index is 2.78. The Kier molecular flexibility index (Phi) is 9.42. The highest BCUT2D eigenvalue weighted by Crippen LogP contribution is 2.64. The van der Waals surface area contributed by atoms with Crippen molar-refractivity contribution < 1.29 is 4.57 Å². The van der Waals surface area contributed by atoms with Crippen molar-refractivity contribution >= 4 is 10.9 Å². The van der Waals surface area contributed by atoms with E-state index in [1.807, 2.05) is 0 Å². The van der Waals surface area contributed by atoms with E-state index in [9.17, 15) is 0 Å². The summed E-state index contributed by atoms with van der Waals surface area (Å²) in [5.41, 5.74) is 26.9. The van der Waals surface area contributed by atoms with Crippen LogP contribution in [-0.4, -0.2) is 0 Å². The molecular weight excluding hydrogens is 795 g/mol. The fourth-order valence-corrected chi connectivity index (χ4v) is 13.7. The molecule has 3 aliphatic carbocycles. The normalized spacial score (nSPS) is 17.6. The van der Waals surface area contributed by atoms with Gasteiger partial charge in [-0.25, -0.2) is 0 Å². The lowest BCUT2D eigenvalue weighted by atomic mass is 9.69. The minimum Gasteiger partial charge on any atom is -0.182 e. The van der Waals surface area contributed by atoms with E-state index in [1.165, 1.54) is 142 Å². The number of hydrogen-bond donors (Lipinski definition) is 0. The van der Waals surface area contributed by atoms with E-state index in [4.69, 9.17) is 0 Å². The van der Waals surface area contributed by atoms with Crippen molar-refractivity contribution in [1.29, 1.82) is 0 Å². The second-order valence-electron chi connectivity index (χ2n) is 21.1. The number of allylic oxidation sites excluding steroid dienone is 2. The van der Waals surface area contributed by atoms with Crippen LogP contribution in [0.1, 0.15) is 137 Å². The Balaban J connectivity index is 1.10. The Hall–Kier alpha value is -6.31. The summed E-state index contributed by atoms with van der Waals surface area (Å²) in [5.74, 6) is 0.564. The zero-order chi connectivity index (χ0) is 45.1. The van der Waals surface area contributed by atoms with Crippen LogP contribution in [0.15, 0.2) is 163 Å². The predicted molar refractivity (Wildman–Crippen MR) is 277 cm³/mol. The smallest absolute Gasteiger partial charge is 0.182 e. The quantitative estimate of drug-likeness (QED) is 0.0774. The second-order valence-corrected chi connectivity index (χ2v) is 21.1. The van der Waals surface area contributed by atoms with E-state index in [0.29, 0.717) is 5.92 Å². The topological polar surface area (TPSA) is 3.88 Å². The zero-order valence-electron chi connectivity index (χ0n) is 40.0. The number of hydrogen-bond acceptors (Lipinski definition) is 0. The van der Waals surface area contributed by atoms with E-state index in [1.54, 1.807) is 0 Å². The molecular formula is C65H62N+. The number of nitrogens with zero attached hydrogens (tertiary/aromatic N) is 1. The first-order valence-corrected chi connectivity index (χ1v) is 25.0. The van der Waals surface area contributed by atoms with Gasteiger partial charge in [0, 0.05) is 36.0 Å². The van der Waals surface area contributed by atoms with Crippen LogP contribution in [0.5, 0.6) is 0 Å². The molecule has 7 aromatic carbocycles. The van der Waals surface area contributed by atoms with Crippen molar-refractivity contribution in [2.45, 2.75) is 116 Å². The molecule has 0 radical (unpaired) electrons. The summed E-state index contributed by atoms with van der Waals surface area (Å²) < 4.78 is 2.78. The first-order chi connectivity index (χ1) is 32.1. The standard InChI is InChI=1S/C65H62N/c1-8-10-11-20-42(5)43-29-31-49-50-32-30-44(36-59(50)63(6,7)58(49)35-43)52-38-62-53-37-60-54(34-45(53)40-64(33-9-2,39-41(3)4)66(62)61-28-19-15-24-51(52)61)48-23-14-18-27-57(48)65(60)55-25-16-12-21-46(55)47-22-13-17-26-56(47)65/h12-19,21-32,34-39,42H,8-11,20,33,40H2,1-7H3/q+1. The van der Waals surface area contributed by atoms with Gasteiger partial charge in [0.15, 0.2) is 5.54 Å². The highest BCUT2D eigenvalue weighted by Gasteiger charge is 2.54. The average Bonchev–Trinajstić information content (AvgIpc) is 3.88. The SMILES string of the molecule is CCCCCC(C)c1ccc2c(c1)C(C)(C)c1cc(-c3cc4[n+](c5ccccc35)C(C=C(C)C)(CCC)Cc3cc5c(cc3-4)C3(c4ccccc4-c4ccccc43)c3ccccc3-5)ccc1-2. The van der Waals surface area contributed by atoms with Gasteiger partial charge in [-0.05, 0) is 146 Å². The molecule has 0 amide bonds. The molecule has 2 unspecified atom stereocenters. The maximum Gasteiger partial charge on any atom is 0.214 e. The van der Waals surface area contributed by atoms with Crippen molar-refractivity contribution in [3.05, 3.63) is 208 Å². The third kappa shape index (κ3) is 5.68. The molecule has 1 spiro atoms. The number of pyridine rings is 1. The third-order valence-corrected chi connectivity index (χ3v) is 16.5. The number of aromatic nitrogens is 1. The van der Waals surface area contributed by atoms with Crippen molar-refractivity contribution in [1.82, 2.24) is 0 Å². The molecule has 0 fully saturated rings. The van der Waals surface area contributed by atoms with Crippen LogP contribution in [0.3, 0.4) is 0 Å². The molecule has 0 N–H and O–H groups in total. The molecule has 0 saturated heterocycles. The van der Waals surface area contributed by atoms with E-state index < -0.39 is 5.41 Å². The Morgan fingerprint density at radius 1 is 0.561 bits per heavy atom. The lowest BCUT2D eigenvalue weighted by Gasteiger charge is -2.35. The van der Waals surface area contributed by atoms with Crippen molar-refractivity contribution in [3.63, 3.8) is 0 Å². The molecule has 8 aromatic rings. The molecule has 1 nitrogen and oxygen atoms in total. The first kappa shape index (κ1) is 41.1. The Bertz CT molecular complexity index is 3290. The van der Waals surface area contributed by atoms with Gasteiger partial charge in [0.05, 0.1) is 16.4 Å². The lowest BCUT2D eigenvalue weighted by Crippen LogP contribution is -2.60. The number of para-hydroxylation sites is 1. The molecule has 66 heavy (non-hydrogen) atoms. The van der Waals surface area contributed by atoms with Gasteiger partial charge in [-0.15, -0.1) is 0 Å². The molecule has 2 atom stereocenters. The van der Waals surface area contributed by atoms with Crippen LogP contribution in [0.2, 0.25) is 0 Å². The highest BCUT2D eigenvalue weighted by molar-refractivity contribution is 5.99. The fourth-order valence-electron chi connectivity index (χ4n) is 13.7. The van der Waals surface area contributed by atoms with Gasteiger partial charge in [0.2, 0.25) is 11.2 Å². The van der Waals surface area contributed by atoms with Crippen LogP contribution in [-0.2, 0) is 22.8 Å². The number of rotatable bonds is 9. The van der Waals surface area contributed by atoms with Crippen LogP contribution in [0, 0.1) is 0 Å². The largest absolute Gasteiger partial charge is 0.214 e. The van der Waals surface area contributed by atoms with Gasteiger partial charge in [-0.1, -0.05) is 175 Å². The Morgan fingerprint density at radius 3 is 1.83 bits per heavy atom. The predicted octanol–water partition coefficient (Wildman–Crippen LogP) is 16.8. The number of benzene rings is 7. The van der Waals surface area contributed by atoms with Gasteiger partial charge < -0.3 is 0 Å². The average molecular weight is 857 g/mol.